The van der Waals surface area contributed by atoms with E-state index in [1.54, 1.807) is 12.3 Å². The molecule has 1 amide bonds. The number of amides is 1. The third-order valence-corrected chi connectivity index (χ3v) is 10.2. The number of rotatable bonds is 7. The molecule has 228 valence electrons. The van der Waals surface area contributed by atoms with Crippen molar-refractivity contribution in [2.45, 2.75) is 63.7 Å². The largest absolute Gasteiger partial charge is 0.465 e. The molecule has 4 heterocycles. The van der Waals surface area contributed by atoms with E-state index in [0.29, 0.717) is 28.0 Å². The number of anilines is 1. The molecule has 0 radical (unpaired) electrons. The zero-order chi connectivity index (χ0) is 31.3. The number of thiophene rings is 1. The maximum atomic E-state index is 13.4. The van der Waals surface area contributed by atoms with Crippen LogP contribution >= 0.6 is 34.5 Å². The minimum absolute atomic E-state index is 0.0980. The summed E-state index contributed by atoms with van der Waals surface area (Å²) in [6.45, 7) is 11.7. The van der Waals surface area contributed by atoms with E-state index in [-0.39, 0.29) is 5.82 Å². The van der Waals surface area contributed by atoms with Gasteiger partial charge in [0.1, 0.15) is 11.4 Å². The van der Waals surface area contributed by atoms with Crippen LogP contribution in [0.25, 0.3) is 21.3 Å². The van der Waals surface area contributed by atoms with Gasteiger partial charge in [0.25, 0.3) is 0 Å². The quantitative estimate of drug-likeness (QED) is 0.184. The van der Waals surface area contributed by atoms with Crippen LogP contribution in [0, 0.1) is 0 Å². The number of aromatic nitrogens is 2. The molecule has 0 saturated carbocycles. The fraction of sp³-hybridized carbons (Fsp3) is 0.367. The standard InChI is InChI=1S/C30H32Cl2N4O5S2/c1-28(2,3)43(39)36-25(24-20(32)7-8-23(34-24)35-27(37)38)22-12-16-11-18(31)14-19(26(16)42-22)21-13-17(9-10-33-21)30(6)15-40-29(4,5)41-30/h7-14,25,36H,15H2,1-6H3,(H,34,35)(H,37,38). The number of carbonyl (C=O) groups is 1. The Morgan fingerprint density at radius 1 is 1.14 bits per heavy atom. The molecule has 1 aromatic carbocycles. The first-order chi connectivity index (χ1) is 20.0. The average molecular weight is 664 g/mol. The number of nitrogens with one attached hydrogen (secondary N) is 2. The average Bonchev–Trinajstić information content (AvgIpc) is 3.47. The molecule has 0 bridgehead atoms. The van der Waals surface area contributed by atoms with E-state index in [1.165, 1.54) is 17.4 Å². The summed E-state index contributed by atoms with van der Waals surface area (Å²) in [7, 11) is -1.52. The molecular formula is C30H32Cl2N4O5S2. The third kappa shape index (κ3) is 6.88. The lowest BCUT2D eigenvalue weighted by atomic mass is 9.96. The van der Waals surface area contributed by atoms with Crippen LogP contribution in [0.1, 0.15) is 63.7 Å². The highest BCUT2D eigenvalue weighted by Crippen LogP contribution is 2.43. The second kappa shape index (κ2) is 11.7. The SMILES string of the molecule is CC1(C)OCC(C)(c2ccnc(-c3cc(Cl)cc4cc(C(NS(=O)C(C)(C)C)c5nc(NC(=O)O)ccc5Cl)sc34)c2)O1. The summed E-state index contributed by atoms with van der Waals surface area (Å²) in [5, 5.41) is 13.2. The lowest BCUT2D eigenvalue weighted by Gasteiger charge is -2.25. The summed E-state index contributed by atoms with van der Waals surface area (Å²) in [6.07, 6.45) is 0.485. The van der Waals surface area contributed by atoms with Crippen LogP contribution in [0.15, 0.2) is 48.7 Å². The van der Waals surface area contributed by atoms with E-state index in [4.69, 9.17) is 32.7 Å². The first-order valence-corrected chi connectivity index (χ1v) is 16.2. The van der Waals surface area contributed by atoms with Crippen molar-refractivity contribution >= 4 is 67.5 Å². The highest BCUT2D eigenvalue weighted by Gasteiger charge is 2.43. The van der Waals surface area contributed by atoms with Gasteiger partial charge >= 0.3 is 6.09 Å². The summed E-state index contributed by atoms with van der Waals surface area (Å²) in [4.78, 5) is 21.2. The first kappa shape index (κ1) is 31.8. The van der Waals surface area contributed by atoms with E-state index in [1.807, 2.05) is 71.9 Å². The monoisotopic (exact) mass is 662 g/mol. The zero-order valence-electron chi connectivity index (χ0n) is 24.5. The molecule has 1 fully saturated rings. The summed E-state index contributed by atoms with van der Waals surface area (Å²) in [5.74, 6) is -0.604. The minimum atomic E-state index is -1.52. The normalized spacial score (nSPS) is 19.8. The Bertz CT molecular complexity index is 1740. The molecule has 4 aromatic rings. The van der Waals surface area contributed by atoms with Crippen molar-refractivity contribution in [3.63, 3.8) is 0 Å². The lowest BCUT2D eigenvalue weighted by Crippen LogP contribution is -2.36. The molecule has 5 rings (SSSR count). The van der Waals surface area contributed by atoms with Gasteiger partial charge in [-0.1, -0.05) is 23.2 Å². The Kier molecular flexibility index (Phi) is 8.65. The fourth-order valence-corrected chi connectivity index (χ4v) is 7.34. The van der Waals surface area contributed by atoms with Gasteiger partial charge in [0.15, 0.2) is 5.79 Å². The van der Waals surface area contributed by atoms with Crippen LogP contribution in [0.5, 0.6) is 0 Å². The van der Waals surface area contributed by atoms with Gasteiger partial charge in [0.2, 0.25) is 0 Å². The number of hydrogen-bond donors (Lipinski definition) is 3. The lowest BCUT2D eigenvalue weighted by molar-refractivity contribution is -0.159. The Labute approximate surface area is 266 Å². The van der Waals surface area contributed by atoms with Crippen molar-refractivity contribution in [1.29, 1.82) is 0 Å². The van der Waals surface area contributed by atoms with Crippen molar-refractivity contribution in [2.75, 3.05) is 11.9 Å². The van der Waals surface area contributed by atoms with Crippen molar-refractivity contribution in [1.82, 2.24) is 14.7 Å². The van der Waals surface area contributed by atoms with Crippen molar-refractivity contribution in [2.24, 2.45) is 0 Å². The van der Waals surface area contributed by atoms with Gasteiger partial charge < -0.3 is 14.6 Å². The molecule has 3 N–H and O–H groups in total. The van der Waals surface area contributed by atoms with Crippen LogP contribution in [-0.2, 0) is 26.1 Å². The van der Waals surface area contributed by atoms with Crippen molar-refractivity contribution in [3.8, 4) is 11.3 Å². The Morgan fingerprint density at radius 2 is 1.88 bits per heavy atom. The van der Waals surface area contributed by atoms with Crippen LogP contribution in [0.2, 0.25) is 10.0 Å². The Balaban J connectivity index is 1.64. The number of pyridine rings is 2. The number of nitrogens with zero attached hydrogens (tertiary/aromatic N) is 2. The van der Waals surface area contributed by atoms with E-state index >= 15 is 0 Å². The first-order valence-electron chi connectivity index (χ1n) is 13.4. The number of carboxylic acid groups (broad SMARTS) is 1. The molecule has 0 spiro atoms. The molecule has 1 aliphatic heterocycles. The van der Waals surface area contributed by atoms with Crippen LogP contribution in [-0.4, -0.2) is 42.5 Å². The van der Waals surface area contributed by atoms with E-state index < -0.39 is 39.3 Å². The van der Waals surface area contributed by atoms with Gasteiger partial charge in [-0.15, -0.1) is 11.3 Å². The fourth-order valence-electron chi connectivity index (χ4n) is 4.80. The van der Waals surface area contributed by atoms with Gasteiger partial charge in [0, 0.05) is 26.4 Å². The van der Waals surface area contributed by atoms with E-state index in [0.717, 1.165) is 26.1 Å². The molecule has 1 saturated heterocycles. The molecule has 43 heavy (non-hydrogen) atoms. The van der Waals surface area contributed by atoms with Gasteiger partial charge in [-0.3, -0.25) is 10.3 Å². The van der Waals surface area contributed by atoms with Crippen LogP contribution in [0.4, 0.5) is 10.6 Å². The van der Waals surface area contributed by atoms with E-state index in [2.05, 4.69) is 20.0 Å². The summed E-state index contributed by atoms with van der Waals surface area (Å²) < 4.78 is 29.0. The number of fused-ring (bicyclic) bond motifs is 1. The molecule has 9 nitrogen and oxygen atoms in total. The molecular weight excluding hydrogens is 631 g/mol. The molecule has 3 unspecified atom stereocenters. The highest BCUT2D eigenvalue weighted by atomic mass is 35.5. The van der Waals surface area contributed by atoms with Crippen LogP contribution < -0.4 is 10.0 Å². The van der Waals surface area contributed by atoms with Crippen LogP contribution in [0.3, 0.4) is 0 Å². The topological polar surface area (TPSA) is 123 Å². The number of benzene rings is 1. The molecule has 13 heteroatoms. The maximum absolute atomic E-state index is 13.4. The second-order valence-electron chi connectivity index (χ2n) is 11.9. The smallest absolute Gasteiger partial charge is 0.410 e. The zero-order valence-corrected chi connectivity index (χ0v) is 27.6. The number of halogens is 2. The minimum Gasteiger partial charge on any atom is -0.465 e. The molecule has 3 atom stereocenters. The van der Waals surface area contributed by atoms with Gasteiger partial charge in [0.05, 0.1) is 44.8 Å². The summed E-state index contributed by atoms with van der Waals surface area (Å²) >= 11 is 14.7. The van der Waals surface area contributed by atoms with Crippen molar-refractivity contribution in [3.05, 3.63) is 74.8 Å². The van der Waals surface area contributed by atoms with Gasteiger partial charge in [-0.05, 0) is 95.0 Å². The molecule has 1 aliphatic rings. The van der Waals surface area contributed by atoms with Crippen molar-refractivity contribution < 1.29 is 23.6 Å². The van der Waals surface area contributed by atoms with E-state index in [9.17, 15) is 14.1 Å². The predicted molar refractivity (Wildman–Crippen MR) is 172 cm³/mol. The van der Waals surface area contributed by atoms with Gasteiger partial charge in [-0.25, -0.2) is 18.7 Å². The number of ether oxygens (including phenoxy) is 2. The summed E-state index contributed by atoms with van der Waals surface area (Å²) in [5.41, 5.74) is 2.13. The molecule has 0 aliphatic carbocycles. The Hall–Kier alpha value is -2.64. The van der Waals surface area contributed by atoms with Gasteiger partial charge in [-0.2, -0.15) is 0 Å². The Morgan fingerprint density at radius 3 is 2.53 bits per heavy atom. The number of hydrogen-bond acceptors (Lipinski definition) is 7. The summed E-state index contributed by atoms with van der Waals surface area (Å²) in [6, 6.07) is 11.9. The predicted octanol–water partition coefficient (Wildman–Crippen LogP) is 7.89. The third-order valence-electron chi connectivity index (χ3n) is 6.86. The molecule has 3 aromatic heterocycles. The highest BCUT2D eigenvalue weighted by molar-refractivity contribution is 7.84. The maximum Gasteiger partial charge on any atom is 0.410 e. The second-order valence-corrected chi connectivity index (χ2v) is 15.8.